The van der Waals surface area contributed by atoms with E-state index in [0.717, 1.165) is 24.2 Å². The third kappa shape index (κ3) is 2.37. The second-order valence-electron chi connectivity index (χ2n) is 5.09. The van der Waals surface area contributed by atoms with Gasteiger partial charge in [0.05, 0.1) is 5.69 Å². The molecule has 1 aliphatic heterocycles. The molecule has 1 radical (unpaired) electrons. The second-order valence-corrected chi connectivity index (χ2v) is 5.09. The fourth-order valence-electron chi connectivity index (χ4n) is 2.59. The Labute approximate surface area is 122 Å². The molecular formula is C15H16FN4O. The van der Waals surface area contributed by atoms with Crippen LogP contribution in [0, 0.1) is 5.82 Å². The summed E-state index contributed by atoms with van der Waals surface area (Å²) in [5.41, 5.74) is 1.96. The van der Waals surface area contributed by atoms with E-state index in [9.17, 15) is 9.18 Å². The SMILES string of the molecule is CCCN1c2cn(C)nc2C(=O)[N]C1c1ccc(F)cc1. The van der Waals surface area contributed by atoms with Gasteiger partial charge in [0.2, 0.25) is 0 Å². The molecule has 3 rings (SSSR count). The highest BCUT2D eigenvalue weighted by Crippen LogP contribution is 2.33. The van der Waals surface area contributed by atoms with Gasteiger partial charge in [-0.3, -0.25) is 9.48 Å². The summed E-state index contributed by atoms with van der Waals surface area (Å²) < 4.78 is 14.7. The number of halogens is 1. The van der Waals surface area contributed by atoms with E-state index in [2.05, 4.69) is 17.3 Å². The molecule has 0 aliphatic carbocycles. The molecule has 1 aliphatic rings. The Balaban J connectivity index is 2.04. The molecular weight excluding hydrogens is 271 g/mol. The number of amides is 1. The number of fused-ring (bicyclic) bond motifs is 1. The molecule has 0 N–H and O–H groups in total. The van der Waals surface area contributed by atoms with Gasteiger partial charge in [0, 0.05) is 19.8 Å². The van der Waals surface area contributed by atoms with Crippen molar-refractivity contribution in [1.82, 2.24) is 15.1 Å². The van der Waals surface area contributed by atoms with Gasteiger partial charge >= 0.3 is 0 Å². The van der Waals surface area contributed by atoms with Crippen molar-refractivity contribution in [3.8, 4) is 0 Å². The van der Waals surface area contributed by atoms with Crippen molar-refractivity contribution >= 4 is 11.6 Å². The van der Waals surface area contributed by atoms with Crippen molar-refractivity contribution in [1.29, 1.82) is 0 Å². The lowest BCUT2D eigenvalue weighted by atomic mass is 10.1. The van der Waals surface area contributed by atoms with Crippen molar-refractivity contribution in [2.45, 2.75) is 19.5 Å². The van der Waals surface area contributed by atoms with Crippen LogP contribution < -0.4 is 10.2 Å². The van der Waals surface area contributed by atoms with Crippen LogP contribution in [-0.4, -0.2) is 22.2 Å². The zero-order valence-electron chi connectivity index (χ0n) is 12.0. The Morgan fingerprint density at radius 1 is 1.29 bits per heavy atom. The van der Waals surface area contributed by atoms with Crippen LogP contribution in [0.5, 0.6) is 0 Å². The number of hydrogen-bond acceptors (Lipinski definition) is 3. The van der Waals surface area contributed by atoms with Crippen molar-refractivity contribution < 1.29 is 9.18 Å². The zero-order valence-corrected chi connectivity index (χ0v) is 12.0. The van der Waals surface area contributed by atoms with Crippen molar-refractivity contribution in [3.63, 3.8) is 0 Å². The summed E-state index contributed by atoms with van der Waals surface area (Å²) in [6.07, 6.45) is 2.32. The molecule has 1 amide bonds. The van der Waals surface area contributed by atoms with E-state index in [1.807, 2.05) is 11.1 Å². The Morgan fingerprint density at radius 3 is 2.67 bits per heavy atom. The highest BCUT2D eigenvalue weighted by Gasteiger charge is 2.35. The predicted molar refractivity (Wildman–Crippen MR) is 76.5 cm³/mol. The first-order chi connectivity index (χ1) is 10.1. The molecule has 0 saturated heterocycles. The largest absolute Gasteiger partial charge is 0.343 e. The van der Waals surface area contributed by atoms with Gasteiger partial charge in [0.25, 0.3) is 5.91 Å². The van der Waals surface area contributed by atoms with Gasteiger partial charge < -0.3 is 4.90 Å². The van der Waals surface area contributed by atoms with E-state index in [1.54, 1.807) is 23.9 Å². The van der Waals surface area contributed by atoms with Crippen LogP contribution in [0.4, 0.5) is 10.1 Å². The lowest BCUT2D eigenvalue weighted by Gasteiger charge is -2.35. The third-order valence-corrected chi connectivity index (χ3v) is 3.49. The van der Waals surface area contributed by atoms with Crippen LogP contribution in [0.1, 0.15) is 35.6 Å². The standard InChI is InChI=1S/C15H16FN4O/c1-3-8-20-12-9-19(2)18-13(12)15(21)17-14(20)10-4-6-11(16)7-5-10/h4-7,9,14H,3,8H2,1-2H3. The Morgan fingerprint density at radius 2 is 2.00 bits per heavy atom. The summed E-state index contributed by atoms with van der Waals surface area (Å²) in [6, 6.07) is 6.11. The maximum Gasteiger partial charge on any atom is 0.297 e. The number of rotatable bonds is 3. The average Bonchev–Trinajstić information content (AvgIpc) is 2.85. The van der Waals surface area contributed by atoms with Crippen molar-refractivity contribution in [2.75, 3.05) is 11.4 Å². The quantitative estimate of drug-likeness (QED) is 0.870. The molecule has 1 aromatic heterocycles. The van der Waals surface area contributed by atoms with Crippen LogP contribution in [0.3, 0.4) is 0 Å². The van der Waals surface area contributed by atoms with Gasteiger partial charge in [-0.05, 0) is 24.1 Å². The van der Waals surface area contributed by atoms with Crippen molar-refractivity contribution in [3.05, 3.63) is 47.5 Å². The average molecular weight is 287 g/mol. The molecule has 0 fully saturated rings. The lowest BCUT2D eigenvalue weighted by molar-refractivity contribution is 0.0914. The van der Waals surface area contributed by atoms with E-state index >= 15 is 0 Å². The van der Waals surface area contributed by atoms with Gasteiger partial charge in [-0.15, -0.1) is 0 Å². The Hall–Kier alpha value is -2.37. The predicted octanol–water partition coefficient (Wildman–Crippen LogP) is 2.23. The summed E-state index contributed by atoms with van der Waals surface area (Å²) in [5, 5.41) is 8.40. The molecule has 0 saturated carbocycles. The maximum absolute atomic E-state index is 13.1. The molecule has 109 valence electrons. The monoisotopic (exact) mass is 287 g/mol. The minimum Gasteiger partial charge on any atom is -0.343 e. The number of aryl methyl sites for hydroxylation is 1. The van der Waals surface area contributed by atoms with Gasteiger partial charge in [0.15, 0.2) is 11.9 Å². The molecule has 2 aromatic rings. The topological polar surface area (TPSA) is 52.2 Å². The number of carbonyl (C=O) groups is 1. The maximum atomic E-state index is 13.1. The zero-order chi connectivity index (χ0) is 15.0. The Kier molecular flexibility index (Phi) is 3.37. The van der Waals surface area contributed by atoms with Crippen LogP contribution in [0.2, 0.25) is 0 Å². The minimum absolute atomic E-state index is 0.301. The van der Waals surface area contributed by atoms with Crippen molar-refractivity contribution in [2.24, 2.45) is 7.05 Å². The van der Waals surface area contributed by atoms with E-state index in [-0.39, 0.29) is 11.7 Å². The summed E-state index contributed by atoms with van der Waals surface area (Å²) in [4.78, 5) is 14.2. The summed E-state index contributed by atoms with van der Waals surface area (Å²) in [6.45, 7) is 2.81. The smallest absolute Gasteiger partial charge is 0.297 e. The fourth-order valence-corrected chi connectivity index (χ4v) is 2.59. The number of anilines is 1. The van der Waals surface area contributed by atoms with E-state index in [1.165, 1.54) is 12.1 Å². The molecule has 6 heteroatoms. The molecule has 5 nitrogen and oxygen atoms in total. The van der Waals surface area contributed by atoms with Gasteiger partial charge in [-0.1, -0.05) is 19.1 Å². The first-order valence-corrected chi connectivity index (χ1v) is 6.91. The summed E-state index contributed by atoms with van der Waals surface area (Å²) in [7, 11) is 1.78. The highest BCUT2D eigenvalue weighted by atomic mass is 19.1. The number of hydrogen-bond donors (Lipinski definition) is 0. The Bertz CT molecular complexity index is 665. The molecule has 0 bridgehead atoms. The van der Waals surface area contributed by atoms with Crippen LogP contribution in [0.25, 0.3) is 0 Å². The number of carbonyl (C=O) groups excluding carboxylic acids is 1. The molecule has 0 spiro atoms. The van der Waals surface area contributed by atoms with E-state index in [0.29, 0.717) is 5.69 Å². The van der Waals surface area contributed by atoms with Gasteiger partial charge in [0.1, 0.15) is 5.82 Å². The molecule has 21 heavy (non-hydrogen) atoms. The number of aromatic nitrogens is 2. The van der Waals surface area contributed by atoms with Crippen LogP contribution >= 0.6 is 0 Å². The highest BCUT2D eigenvalue weighted by molar-refractivity contribution is 5.99. The van der Waals surface area contributed by atoms with E-state index in [4.69, 9.17) is 0 Å². The second kappa shape index (κ2) is 5.20. The molecule has 1 atom stereocenters. The fraction of sp³-hybridized carbons (Fsp3) is 0.333. The summed E-state index contributed by atoms with van der Waals surface area (Å²) >= 11 is 0. The van der Waals surface area contributed by atoms with E-state index < -0.39 is 6.17 Å². The third-order valence-electron chi connectivity index (χ3n) is 3.49. The lowest BCUT2D eigenvalue weighted by Crippen LogP contribution is -2.42. The normalized spacial score (nSPS) is 17.6. The summed E-state index contributed by atoms with van der Waals surface area (Å²) in [5.74, 6) is -0.628. The molecule has 1 aromatic carbocycles. The number of benzene rings is 1. The number of nitrogens with zero attached hydrogens (tertiary/aromatic N) is 4. The first kappa shape index (κ1) is 13.6. The minimum atomic E-state index is -0.422. The molecule has 2 heterocycles. The van der Waals surface area contributed by atoms with Crippen LogP contribution in [0.15, 0.2) is 30.5 Å². The first-order valence-electron chi connectivity index (χ1n) is 6.91. The van der Waals surface area contributed by atoms with Crippen LogP contribution in [-0.2, 0) is 7.05 Å². The van der Waals surface area contributed by atoms with Gasteiger partial charge in [-0.2, -0.15) is 5.10 Å². The molecule has 1 unspecified atom stereocenters. The van der Waals surface area contributed by atoms with Gasteiger partial charge in [-0.25, -0.2) is 9.71 Å².